The van der Waals surface area contributed by atoms with Crippen molar-refractivity contribution in [1.82, 2.24) is 19.8 Å². The molecule has 1 aliphatic rings. The summed E-state index contributed by atoms with van der Waals surface area (Å²) in [5.41, 5.74) is 0.399. The second kappa shape index (κ2) is 7.89. The Hall–Kier alpha value is -2.05. The number of benzene rings is 1. The molecule has 6 nitrogen and oxygen atoms in total. The molecule has 132 valence electrons. The second-order valence-electron chi connectivity index (χ2n) is 5.91. The first-order valence-corrected chi connectivity index (χ1v) is 8.81. The number of aromatic nitrogens is 2. The van der Waals surface area contributed by atoms with Gasteiger partial charge >= 0.3 is 0 Å². The van der Waals surface area contributed by atoms with Crippen LogP contribution in [0.25, 0.3) is 0 Å². The number of imidazole rings is 1. The maximum Gasteiger partial charge on any atom is 0.254 e. The Morgan fingerprint density at radius 1 is 1.24 bits per heavy atom. The van der Waals surface area contributed by atoms with Crippen LogP contribution in [0, 0.1) is 0 Å². The van der Waals surface area contributed by atoms with Crippen molar-refractivity contribution < 1.29 is 9.59 Å². The van der Waals surface area contributed by atoms with Gasteiger partial charge in [-0.2, -0.15) is 0 Å². The lowest BCUT2D eigenvalue weighted by atomic mass is 10.1. The lowest BCUT2D eigenvalue weighted by molar-refractivity contribution is -0.124. The number of carbonyl (C=O) groups excluding carboxylic acids is 2. The number of hydrogen-bond donors (Lipinski definition) is 1. The van der Waals surface area contributed by atoms with E-state index in [1.807, 2.05) is 10.8 Å². The maximum atomic E-state index is 12.7. The van der Waals surface area contributed by atoms with Crippen molar-refractivity contribution in [2.24, 2.45) is 0 Å². The minimum atomic E-state index is -0.465. The minimum absolute atomic E-state index is 0.140. The first-order chi connectivity index (χ1) is 12.0. The van der Waals surface area contributed by atoms with Crippen molar-refractivity contribution in [1.29, 1.82) is 0 Å². The number of nitrogens with one attached hydrogen (secondary N) is 1. The number of rotatable bonds is 5. The van der Waals surface area contributed by atoms with E-state index < -0.39 is 6.04 Å². The molecule has 25 heavy (non-hydrogen) atoms. The summed E-state index contributed by atoms with van der Waals surface area (Å²) in [5, 5.41) is 3.69. The highest BCUT2D eigenvalue weighted by molar-refractivity contribution is 6.35. The van der Waals surface area contributed by atoms with Crippen molar-refractivity contribution >= 4 is 35.0 Å². The van der Waals surface area contributed by atoms with Crippen LogP contribution < -0.4 is 5.32 Å². The van der Waals surface area contributed by atoms with Gasteiger partial charge in [0.05, 0.1) is 6.33 Å². The topological polar surface area (TPSA) is 67.2 Å². The van der Waals surface area contributed by atoms with Crippen molar-refractivity contribution in [2.45, 2.75) is 25.4 Å². The van der Waals surface area contributed by atoms with Gasteiger partial charge < -0.3 is 14.8 Å². The summed E-state index contributed by atoms with van der Waals surface area (Å²) in [6, 6.07) is 4.25. The first-order valence-electron chi connectivity index (χ1n) is 8.05. The van der Waals surface area contributed by atoms with Crippen molar-refractivity contribution in [2.75, 3.05) is 13.1 Å². The Labute approximate surface area is 155 Å². The largest absolute Gasteiger partial charge is 0.353 e. The summed E-state index contributed by atoms with van der Waals surface area (Å²) in [5.74, 6) is -0.365. The molecule has 1 atom stereocenters. The predicted octanol–water partition coefficient (Wildman–Crippen LogP) is 2.61. The van der Waals surface area contributed by atoms with Gasteiger partial charge in [-0.15, -0.1) is 0 Å². The number of hydrogen-bond acceptors (Lipinski definition) is 3. The number of nitrogens with zero attached hydrogens (tertiary/aromatic N) is 3. The standard InChI is InChI=1S/C17H18Cl2N4O2/c18-13-8-12(9-14(19)10-13)17(25)23-5-1-2-15(23)16(24)21-4-7-22-6-3-20-11-22/h3,6,8-11,15H,1-2,4-5,7H2,(H,21,24)/t15-/m1/s1. The summed E-state index contributed by atoms with van der Waals surface area (Å²) in [7, 11) is 0. The monoisotopic (exact) mass is 380 g/mol. The lowest BCUT2D eigenvalue weighted by Gasteiger charge is -2.24. The van der Waals surface area contributed by atoms with Crippen LogP contribution >= 0.6 is 23.2 Å². The average Bonchev–Trinajstić information content (AvgIpc) is 3.24. The van der Waals surface area contributed by atoms with Gasteiger partial charge in [-0.3, -0.25) is 9.59 Å². The van der Waals surface area contributed by atoms with E-state index in [0.717, 1.165) is 6.42 Å². The molecule has 1 aromatic carbocycles. The highest BCUT2D eigenvalue weighted by Gasteiger charge is 2.34. The van der Waals surface area contributed by atoms with Crippen LogP contribution in [0.5, 0.6) is 0 Å². The fraction of sp³-hybridized carbons (Fsp3) is 0.353. The molecular formula is C17H18Cl2N4O2. The molecule has 2 aromatic rings. The summed E-state index contributed by atoms with van der Waals surface area (Å²) >= 11 is 12.0. The average molecular weight is 381 g/mol. The van der Waals surface area contributed by atoms with Crippen molar-refractivity contribution in [3.63, 3.8) is 0 Å². The summed E-state index contributed by atoms with van der Waals surface area (Å²) < 4.78 is 1.88. The Morgan fingerprint density at radius 3 is 2.68 bits per heavy atom. The summed E-state index contributed by atoms with van der Waals surface area (Å²) in [4.78, 5) is 30.8. The smallest absolute Gasteiger partial charge is 0.254 e. The fourth-order valence-corrected chi connectivity index (χ4v) is 3.50. The van der Waals surface area contributed by atoms with Gasteiger partial charge in [0, 0.05) is 47.6 Å². The van der Waals surface area contributed by atoms with E-state index in [4.69, 9.17) is 23.2 Å². The Balaban J connectivity index is 1.62. The van der Waals surface area contributed by atoms with Crippen LogP contribution in [0.15, 0.2) is 36.9 Å². The van der Waals surface area contributed by atoms with Gasteiger partial charge in [-0.1, -0.05) is 23.2 Å². The van der Waals surface area contributed by atoms with Gasteiger partial charge in [0.25, 0.3) is 5.91 Å². The Bertz CT molecular complexity index is 744. The molecule has 1 saturated heterocycles. The van der Waals surface area contributed by atoms with Crippen LogP contribution in [0.4, 0.5) is 0 Å². The van der Waals surface area contributed by atoms with Gasteiger partial charge in [-0.25, -0.2) is 4.98 Å². The lowest BCUT2D eigenvalue weighted by Crippen LogP contribution is -2.46. The van der Waals surface area contributed by atoms with Gasteiger partial charge in [0.2, 0.25) is 5.91 Å². The minimum Gasteiger partial charge on any atom is -0.353 e. The molecule has 2 amide bonds. The Morgan fingerprint density at radius 2 is 2.00 bits per heavy atom. The molecular weight excluding hydrogens is 363 g/mol. The van der Waals surface area contributed by atoms with Crippen LogP contribution in [-0.2, 0) is 11.3 Å². The van der Waals surface area contributed by atoms with Gasteiger partial charge in [0.1, 0.15) is 6.04 Å². The van der Waals surface area contributed by atoms with E-state index in [1.165, 1.54) is 0 Å². The molecule has 0 radical (unpaired) electrons. The van der Waals surface area contributed by atoms with Crippen molar-refractivity contribution in [3.8, 4) is 0 Å². The molecule has 0 spiro atoms. The zero-order chi connectivity index (χ0) is 17.8. The zero-order valence-corrected chi connectivity index (χ0v) is 15.0. The quantitative estimate of drug-likeness (QED) is 0.866. The highest BCUT2D eigenvalue weighted by Crippen LogP contribution is 2.24. The maximum absolute atomic E-state index is 12.7. The third-order valence-electron chi connectivity index (χ3n) is 4.15. The molecule has 8 heteroatoms. The Kier molecular flexibility index (Phi) is 5.60. The number of halogens is 2. The third kappa shape index (κ3) is 4.32. The first kappa shape index (κ1) is 17.8. The molecule has 1 aromatic heterocycles. The molecule has 0 bridgehead atoms. The SMILES string of the molecule is O=C(NCCn1ccnc1)[C@H]1CCCN1C(=O)c1cc(Cl)cc(Cl)c1. The zero-order valence-electron chi connectivity index (χ0n) is 13.5. The molecule has 0 saturated carbocycles. The van der Waals surface area contributed by atoms with Crippen LogP contribution in [0.2, 0.25) is 10.0 Å². The molecule has 1 fully saturated rings. The van der Waals surface area contributed by atoms with Gasteiger partial charge in [-0.05, 0) is 31.0 Å². The van der Waals surface area contributed by atoms with Crippen LogP contribution in [-0.4, -0.2) is 45.4 Å². The van der Waals surface area contributed by atoms with Gasteiger partial charge in [0.15, 0.2) is 0 Å². The van der Waals surface area contributed by atoms with E-state index in [2.05, 4.69) is 10.3 Å². The number of likely N-dealkylation sites (tertiary alicyclic amines) is 1. The molecule has 1 aliphatic heterocycles. The normalized spacial score (nSPS) is 16.9. The highest BCUT2D eigenvalue weighted by atomic mass is 35.5. The number of carbonyl (C=O) groups is 2. The molecule has 1 N–H and O–H groups in total. The fourth-order valence-electron chi connectivity index (χ4n) is 2.97. The number of amides is 2. The predicted molar refractivity (Wildman–Crippen MR) is 95.8 cm³/mol. The van der Waals surface area contributed by atoms with Crippen LogP contribution in [0.1, 0.15) is 23.2 Å². The van der Waals surface area contributed by atoms with E-state index in [9.17, 15) is 9.59 Å². The van der Waals surface area contributed by atoms with Crippen molar-refractivity contribution in [3.05, 3.63) is 52.5 Å². The van der Waals surface area contributed by atoms with E-state index in [1.54, 1.807) is 35.6 Å². The molecule has 2 heterocycles. The molecule has 0 unspecified atom stereocenters. The van der Waals surface area contributed by atoms with E-state index in [-0.39, 0.29) is 11.8 Å². The molecule has 0 aliphatic carbocycles. The second-order valence-corrected chi connectivity index (χ2v) is 6.78. The summed E-state index contributed by atoms with van der Waals surface area (Å²) in [6.07, 6.45) is 6.66. The molecule has 3 rings (SSSR count). The van der Waals surface area contributed by atoms with Crippen LogP contribution in [0.3, 0.4) is 0 Å². The third-order valence-corrected chi connectivity index (χ3v) is 4.59. The van der Waals surface area contributed by atoms with E-state index in [0.29, 0.717) is 41.7 Å². The summed E-state index contributed by atoms with van der Waals surface area (Å²) in [6.45, 7) is 1.66. The van der Waals surface area contributed by atoms with E-state index >= 15 is 0 Å².